The molecule has 4 heteroatoms. The van der Waals surface area contributed by atoms with E-state index in [2.05, 4.69) is 21.0 Å². The highest BCUT2D eigenvalue weighted by atomic mass is 79.9. The number of halogens is 1. The van der Waals surface area contributed by atoms with Gasteiger partial charge in [0.2, 0.25) is 0 Å². The molecule has 1 aliphatic carbocycles. The summed E-state index contributed by atoms with van der Waals surface area (Å²) in [6.45, 7) is 2.85. The summed E-state index contributed by atoms with van der Waals surface area (Å²) in [6, 6.07) is 0. The summed E-state index contributed by atoms with van der Waals surface area (Å²) in [4.78, 5) is 0. The van der Waals surface area contributed by atoms with Crippen LogP contribution in [0.2, 0.25) is 0 Å². The third kappa shape index (κ3) is 2.26. The van der Waals surface area contributed by atoms with E-state index in [0.29, 0.717) is 5.92 Å². The Labute approximate surface area is 98.6 Å². The van der Waals surface area contributed by atoms with Crippen molar-refractivity contribution in [1.29, 1.82) is 0 Å². The standard InChI is InChI=1S/C11H17BrN2O/c1-2-14-11(9(12)7-13-14)10(15)6-8-4-3-5-8/h7-8,10,15H,2-6H2,1H3. The van der Waals surface area contributed by atoms with Crippen molar-refractivity contribution in [3.63, 3.8) is 0 Å². The molecule has 2 rings (SSSR count). The molecule has 0 radical (unpaired) electrons. The molecule has 1 aromatic heterocycles. The summed E-state index contributed by atoms with van der Waals surface area (Å²) >= 11 is 3.45. The summed E-state index contributed by atoms with van der Waals surface area (Å²) in [5.41, 5.74) is 0.935. The third-order valence-electron chi connectivity index (χ3n) is 3.23. The van der Waals surface area contributed by atoms with Gasteiger partial charge in [-0.25, -0.2) is 0 Å². The highest BCUT2D eigenvalue weighted by molar-refractivity contribution is 9.10. The Morgan fingerprint density at radius 2 is 2.40 bits per heavy atom. The van der Waals surface area contributed by atoms with Crippen LogP contribution in [0.3, 0.4) is 0 Å². The number of hydrogen-bond donors (Lipinski definition) is 1. The van der Waals surface area contributed by atoms with E-state index in [0.717, 1.165) is 23.1 Å². The van der Waals surface area contributed by atoms with E-state index < -0.39 is 0 Å². The fourth-order valence-corrected chi connectivity index (χ4v) is 2.67. The van der Waals surface area contributed by atoms with Crippen LogP contribution in [0.1, 0.15) is 44.4 Å². The Hall–Kier alpha value is -0.350. The number of rotatable bonds is 4. The lowest BCUT2D eigenvalue weighted by atomic mass is 9.81. The van der Waals surface area contributed by atoms with Crippen molar-refractivity contribution in [2.24, 2.45) is 5.92 Å². The first kappa shape index (κ1) is 11.1. The molecular formula is C11H17BrN2O. The van der Waals surface area contributed by atoms with Crippen LogP contribution in [0.15, 0.2) is 10.7 Å². The van der Waals surface area contributed by atoms with Crippen molar-refractivity contribution in [2.45, 2.75) is 45.3 Å². The van der Waals surface area contributed by atoms with Crippen LogP contribution < -0.4 is 0 Å². The molecule has 84 valence electrons. The van der Waals surface area contributed by atoms with E-state index in [1.165, 1.54) is 19.3 Å². The van der Waals surface area contributed by atoms with Gasteiger partial charge in [0.1, 0.15) is 0 Å². The maximum atomic E-state index is 10.1. The minimum atomic E-state index is -0.368. The summed E-state index contributed by atoms with van der Waals surface area (Å²) in [5.74, 6) is 0.715. The molecule has 0 spiro atoms. The lowest BCUT2D eigenvalue weighted by molar-refractivity contribution is 0.110. The predicted molar refractivity (Wildman–Crippen MR) is 62.5 cm³/mol. The second-order valence-corrected chi connectivity index (χ2v) is 5.10. The third-order valence-corrected chi connectivity index (χ3v) is 3.84. The smallest absolute Gasteiger partial charge is 0.0970 e. The first-order valence-corrected chi connectivity index (χ1v) is 6.41. The lowest BCUT2D eigenvalue weighted by Gasteiger charge is -2.27. The molecule has 1 saturated carbocycles. The van der Waals surface area contributed by atoms with Crippen LogP contribution in [0, 0.1) is 5.92 Å². The van der Waals surface area contributed by atoms with Gasteiger partial charge in [-0.2, -0.15) is 5.10 Å². The fourth-order valence-electron chi connectivity index (χ4n) is 2.11. The maximum absolute atomic E-state index is 10.1. The molecule has 0 aliphatic heterocycles. The number of nitrogens with zero attached hydrogens (tertiary/aromatic N) is 2. The zero-order valence-corrected chi connectivity index (χ0v) is 10.6. The summed E-state index contributed by atoms with van der Waals surface area (Å²) in [6.07, 6.45) is 6.15. The average molecular weight is 273 g/mol. The highest BCUT2D eigenvalue weighted by Gasteiger charge is 2.25. The van der Waals surface area contributed by atoms with Gasteiger partial charge in [-0.05, 0) is 35.2 Å². The van der Waals surface area contributed by atoms with Crippen molar-refractivity contribution >= 4 is 15.9 Å². The first-order chi connectivity index (χ1) is 7.22. The second kappa shape index (κ2) is 4.66. The molecule has 1 aromatic rings. The van der Waals surface area contributed by atoms with Crippen LogP contribution in [-0.2, 0) is 6.54 Å². The molecule has 1 atom stereocenters. The monoisotopic (exact) mass is 272 g/mol. The van der Waals surface area contributed by atoms with Gasteiger partial charge in [0.05, 0.1) is 22.5 Å². The normalized spacial score (nSPS) is 18.9. The molecule has 1 aliphatic rings. The Kier molecular flexibility index (Phi) is 3.46. The average Bonchev–Trinajstić information content (AvgIpc) is 2.53. The van der Waals surface area contributed by atoms with Crippen LogP contribution in [0.4, 0.5) is 0 Å². The minimum absolute atomic E-state index is 0.368. The number of aromatic nitrogens is 2. The van der Waals surface area contributed by atoms with E-state index in [9.17, 15) is 5.11 Å². The maximum Gasteiger partial charge on any atom is 0.0970 e. The Balaban J connectivity index is 2.08. The van der Waals surface area contributed by atoms with Crippen molar-refractivity contribution < 1.29 is 5.11 Å². The molecule has 0 bridgehead atoms. The van der Waals surface area contributed by atoms with E-state index >= 15 is 0 Å². The van der Waals surface area contributed by atoms with Gasteiger partial charge in [0.15, 0.2) is 0 Å². The number of aliphatic hydroxyl groups is 1. The topological polar surface area (TPSA) is 38.0 Å². The van der Waals surface area contributed by atoms with E-state index in [1.54, 1.807) is 6.20 Å². The molecule has 3 nitrogen and oxygen atoms in total. The van der Waals surface area contributed by atoms with Crippen LogP contribution in [0.25, 0.3) is 0 Å². The fraction of sp³-hybridized carbons (Fsp3) is 0.727. The van der Waals surface area contributed by atoms with Crippen molar-refractivity contribution in [3.8, 4) is 0 Å². The number of aliphatic hydroxyl groups excluding tert-OH is 1. The summed E-state index contributed by atoms with van der Waals surface area (Å²) < 4.78 is 2.80. The summed E-state index contributed by atoms with van der Waals surface area (Å²) in [7, 11) is 0. The van der Waals surface area contributed by atoms with Gasteiger partial charge >= 0.3 is 0 Å². The van der Waals surface area contributed by atoms with Gasteiger partial charge in [-0.1, -0.05) is 19.3 Å². The van der Waals surface area contributed by atoms with E-state index in [1.807, 2.05) is 11.6 Å². The van der Waals surface area contributed by atoms with E-state index in [-0.39, 0.29) is 6.10 Å². The lowest BCUT2D eigenvalue weighted by Crippen LogP contribution is -2.17. The Morgan fingerprint density at radius 3 is 2.93 bits per heavy atom. The van der Waals surface area contributed by atoms with Crippen LogP contribution in [0.5, 0.6) is 0 Å². The molecule has 0 aromatic carbocycles. The van der Waals surface area contributed by atoms with Crippen molar-refractivity contribution in [3.05, 3.63) is 16.4 Å². The summed E-state index contributed by atoms with van der Waals surface area (Å²) in [5, 5.41) is 14.4. The molecule has 1 fully saturated rings. The first-order valence-electron chi connectivity index (χ1n) is 5.61. The zero-order valence-electron chi connectivity index (χ0n) is 8.99. The molecule has 1 heterocycles. The molecule has 0 saturated heterocycles. The molecule has 15 heavy (non-hydrogen) atoms. The Bertz CT molecular complexity index is 333. The SMILES string of the molecule is CCn1ncc(Br)c1C(O)CC1CCC1. The van der Waals surface area contributed by atoms with Gasteiger partial charge < -0.3 is 5.11 Å². The minimum Gasteiger partial charge on any atom is -0.387 e. The zero-order chi connectivity index (χ0) is 10.8. The molecule has 1 unspecified atom stereocenters. The molecule has 1 N–H and O–H groups in total. The van der Waals surface area contributed by atoms with E-state index in [4.69, 9.17) is 0 Å². The number of hydrogen-bond acceptors (Lipinski definition) is 2. The van der Waals surface area contributed by atoms with Gasteiger partial charge in [-0.3, -0.25) is 4.68 Å². The van der Waals surface area contributed by atoms with Crippen LogP contribution in [-0.4, -0.2) is 14.9 Å². The van der Waals surface area contributed by atoms with Crippen molar-refractivity contribution in [1.82, 2.24) is 9.78 Å². The van der Waals surface area contributed by atoms with Crippen molar-refractivity contribution in [2.75, 3.05) is 0 Å². The molecular weight excluding hydrogens is 256 g/mol. The van der Waals surface area contributed by atoms with Gasteiger partial charge in [0, 0.05) is 6.54 Å². The van der Waals surface area contributed by atoms with Gasteiger partial charge in [-0.15, -0.1) is 0 Å². The van der Waals surface area contributed by atoms with Crippen LogP contribution >= 0.6 is 15.9 Å². The number of aryl methyl sites for hydroxylation is 1. The quantitative estimate of drug-likeness (QED) is 0.916. The Morgan fingerprint density at radius 1 is 1.67 bits per heavy atom. The highest BCUT2D eigenvalue weighted by Crippen LogP contribution is 2.36. The second-order valence-electron chi connectivity index (χ2n) is 4.24. The molecule has 0 amide bonds. The predicted octanol–water partition coefficient (Wildman–Crippen LogP) is 2.89. The van der Waals surface area contributed by atoms with Gasteiger partial charge in [0.25, 0.3) is 0 Å². The largest absolute Gasteiger partial charge is 0.387 e.